The fraction of sp³-hybridized carbons (Fsp3) is 0.500. The summed E-state index contributed by atoms with van der Waals surface area (Å²) in [6.45, 7) is 4.31. The summed E-state index contributed by atoms with van der Waals surface area (Å²) in [7, 11) is 0. The van der Waals surface area contributed by atoms with E-state index in [1.54, 1.807) is 0 Å². The molecular weight excluding hydrogens is 160 g/mol. The summed E-state index contributed by atoms with van der Waals surface area (Å²) in [6.07, 6.45) is 6.61. The highest BCUT2D eigenvalue weighted by atomic mass is 32.2. The first kappa shape index (κ1) is 8.28. The standard InChI is InChI=1S/C8H12S2/c1-3-4-8-9-6-5-7(2)10-8/h3-8H,1-2H3. The van der Waals surface area contributed by atoms with Gasteiger partial charge in [-0.3, -0.25) is 0 Å². The van der Waals surface area contributed by atoms with E-state index in [1.165, 1.54) is 0 Å². The molecule has 2 unspecified atom stereocenters. The minimum Gasteiger partial charge on any atom is -0.136 e. The van der Waals surface area contributed by atoms with E-state index in [1.807, 2.05) is 23.5 Å². The van der Waals surface area contributed by atoms with Gasteiger partial charge in [-0.25, -0.2) is 0 Å². The minimum absolute atomic E-state index is 0.644. The predicted octanol–water partition coefficient (Wildman–Crippen LogP) is 3.27. The third-order valence-corrected chi connectivity index (χ3v) is 3.68. The zero-order chi connectivity index (χ0) is 7.40. The molecule has 0 fully saturated rings. The van der Waals surface area contributed by atoms with Crippen LogP contribution in [0.3, 0.4) is 0 Å². The molecule has 56 valence electrons. The lowest BCUT2D eigenvalue weighted by molar-refractivity contribution is 1.24. The first-order chi connectivity index (χ1) is 4.83. The van der Waals surface area contributed by atoms with Gasteiger partial charge in [-0.2, -0.15) is 0 Å². The van der Waals surface area contributed by atoms with Crippen LogP contribution in [0.25, 0.3) is 0 Å². The SMILES string of the molecule is CC=CC1SC=CC(C)S1. The molecule has 1 heterocycles. The van der Waals surface area contributed by atoms with Crippen molar-refractivity contribution in [1.82, 2.24) is 0 Å². The lowest BCUT2D eigenvalue weighted by Crippen LogP contribution is -2.02. The van der Waals surface area contributed by atoms with Crippen molar-refractivity contribution < 1.29 is 0 Å². The Labute approximate surface area is 71.2 Å². The quantitative estimate of drug-likeness (QED) is 0.557. The molecule has 0 aliphatic carbocycles. The Hall–Kier alpha value is 0.180. The first-order valence-electron chi connectivity index (χ1n) is 3.43. The molecule has 1 aliphatic heterocycles. The summed E-state index contributed by atoms with van der Waals surface area (Å²) in [5, 5.41) is 2.88. The van der Waals surface area contributed by atoms with Crippen LogP contribution in [0, 0.1) is 0 Å². The number of hydrogen-bond acceptors (Lipinski definition) is 2. The third kappa shape index (κ3) is 2.43. The third-order valence-electron chi connectivity index (χ3n) is 1.26. The largest absolute Gasteiger partial charge is 0.136 e. The Morgan fingerprint density at radius 2 is 2.30 bits per heavy atom. The number of thioether (sulfide) groups is 2. The molecule has 1 rings (SSSR count). The number of hydrogen-bond donors (Lipinski definition) is 0. The van der Waals surface area contributed by atoms with Crippen molar-refractivity contribution in [3.05, 3.63) is 23.6 Å². The zero-order valence-electron chi connectivity index (χ0n) is 6.28. The fourth-order valence-electron chi connectivity index (χ4n) is 0.770. The Morgan fingerprint density at radius 1 is 1.50 bits per heavy atom. The van der Waals surface area contributed by atoms with Gasteiger partial charge in [0.2, 0.25) is 0 Å². The molecule has 0 spiro atoms. The Morgan fingerprint density at radius 3 is 2.90 bits per heavy atom. The lowest BCUT2D eigenvalue weighted by Gasteiger charge is -2.17. The Bertz CT molecular complexity index is 149. The average Bonchev–Trinajstić information content (AvgIpc) is 1.88. The highest BCUT2D eigenvalue weighted by Crippen LogP contribution is 2.34. The van der Waals surface area contributed by atoms with Gasteiger partial charge in [-0.15, -0.1) is 23.5 Å². The summed E-state index contributed by atoms with van der Waals surface area (Å²) in [5.74, 6) is 0. The van der Waals surface area contributed by atoms with E-state index < -0.39 is 0 Å². The van der Waals surface area contributed by atoms with Crippen LogP contribution >= 0.6 is 23.5 Å². The molecule has 2 heteroatoms. The Kier molecular flexibility index (Phi) is 3.43. The Balaban J connectivity index is 2.44. The molecule has 0 saturated heterocycles. The molecule has 0 radical (unpaired) electrons. The predicted molar refractivity (Wildman–Crippen MR) is 52.4 cm³/mol. The van der Waals surface area contributed by atoms with E-state index in [4.69, 9.17) is 0 Å². The summed E-state index contributed by atoms with van der Waals surface area (Å²) in [4.78, 5) is 0. The summed E-state index contributed by atoms with van der Waals surface area (Å²) in [5.41, 5.74) is 0. The van der Waals surface area contributed by atoms with Crippen LogP contribution in [0.15, 0.2) is 23.6 Å². The maximum Gasteiger partial charge on any atom is 0.0729 e. The van der Waals surface area contributed by atoms with Gasteiger partial charge in [0.1, 0.15) is 0 Å². The van der Waals surface area contributed by atoms with E-state index in [9.17, 15) is 0 Å². The van der Waals surface area contributed by atoms with Gasteiger partial charge in [0.25, 0.3) is 0 Å². The minimum atomic E-state index is 0.644. The van der Waals surface area contributed by atoms with Crippen LogP contribution in [0.1, 0.15) is 13.8 Å². The van der Waals surface area contributed by atoms with Gasteiger partial charge in [0, 0.05) is 5.25 Å². The van der Waals surface area contributed by atoms with Gasteiger partial charge < -0.3 is 0 Å². The molecular formula is C8H12S2. The molecule has 0 bridgehead atoms. The van der Waals surface area contributed by atoms with Gasteiger partial charge in [0.15, 0.2) is 0 Å². The lowest BCUT2D eigenvalue weighted by atomic mass is 10.5. The van der Waals surface area contributed by atoms with E-state index in [-0.39, 0.29) is 0 Å². The highest BCUT2D eigenvalue weighted by Gasteiger charge is 2.11. The highest BCUT2D eigenvalue weighted by molar-refractivity contribution is 8.19. The van der Waals surface area contributed by atoms with Crippen molar-refractivity contribution in [2.24, 2.45) is 0 Å². The molecule has 10 heavy (non-hydrogen) atoms. The summed E-state index contributed by atoms with van der Waals surface area (Å²) >= 11 is 3.89. The first-order valence-corrected chi connectivity index (χ1v) is 5.32. The van der Waals surface area contributed by atoms with Crippen molar-refractivity contribution >= 4 is 23.5 Å². The van der Waals surface area contributed by atoms with Crippen LogP contribution in [0.2, 0.25) is 0 Å². The smallest absolute Gasteiger partial charge is 0.0729 e. The molecule has 2 atom stereocenters. The van der Waals surface area contributed by atoms with E-state index >= 15 is 0 Å². The molecule has 0 saturated carbocycles. The molecule has 0 aromatic rings. The van der Waals surface area contributed by atoms with Crippen molar-refractivity contribution in [1.29, 1.82) is 0 Å². The van der Waals surface area contributed by atoms with Crippen molar-refractivity contribution in [2.75, 3.05) is 0 Å². The number of rotatable bonds is 1. The maximum atomic E-state index is 2.25. The topological polar surface area (TPSA) is 0 Å². The normalized spacial score (nSPS) is 33.4. The van der Waals surface area contributed by atoms with Crippen molar-refractivity contribution in [2.45, 2.75) is 23.7 Å². The maximum absolute atomic E-state index is 2.25. The summed E-state index contributed by atoms with van der Waals surface area (Å²) in [6, 6.07) is 0. The van der Waals surface area contributed by atoms with Crippen LogP contribution < -0.4 is 0 Å². The second kappa shape index (κ2) is 4.14. The average molecular weight is 172 g/mol. The van der Waals surface area contributed by atoms with Crippen LogP contribution in [0.5, 0.6) is 0 Å². The molecule has 0 nitrogen and oxygen atoms in total. The van der Waals surface area contributed by atoms with Crippen LogP contribution in [0.4, 0.5) is 0 Å². The van der Waals surface area contributed by atoms with Gasteiger partial charge in [-0.05, 0) is 19.3 Å². The second-order valence-corrected chi connectivity index (χ2v) is 5.07. The monoisotopic (exact) mass is 172 g/mol. The molecule has 0 aromatic heterocycles. The van der Waals surface area contributed by atoms with Crippen molar-refractivity contribution in [3.8, 4) is 0 Å². The van der Waals surface area contributed by atoms with Crippen molar-refractivity contribution in [3.63, 3.8) is 0 Å². The van der Waals surface area contributed by atoms with Crippen LogP contribution in [-0.2, 0) is 0 Å². The molecule has 1 aliphatic rings. The molecule has 0 aromatic carbocycles. The van der Waals surface area contributed by atoms with Gasteiger partial charge in [0.05, 0.1) is 4.58 Å². The molecule has 0 N–H and O–H groups in total. The van der Waals surface area contributed by atoms with E-state index in [2.05, 4.69) is 37.5 Å². The van der Waals surface area contributed by atoms with Gasteiger partial charge in [-0.1, -0.05) is 18.2 Å². The van der Waals surface area contributed by atoms with Crippen LogP contribution in [-0.4, -0.2) is 9.83 Å². The zero-order valence-corrected chi connectivity index (χ0v) is 7.91. The van der Waals surface area contributed by atoms with E-state index in [0.717, 1.165) is 0 Å². The number of allylic oxidation sites excluding steroid dienone is 1. The molecule has 0 amide bonds. The summed E-state index contributed by atoms with van der Waals surface area (Å²) < 4.78 is 0.644. The fourth-order valence-corrected chi connectivity index (χ4v) is 3.41. The van der Waals surface area contributed by atoms with Gasteiger partial charge >= 0.3 is 0 Å². The second-order valence-electron chi connectivity index (χ2n) is 2.20. The van der Waals surface area contributed by atoms with E-state index in [0.29, 0.717) is 9.83 Å².